The molecule has 3 atom stereocenters. The largest absolute Gasteiger partial charge is 0.478 e. The first-order valence-corrected chi connectivity index (χ1v) is 10.3. The van der Waals surface area contributed by atoms with Crippen molar-refractivity contribution in [3.8, 4) is 0 Å². The summed E-state index contributed by atoms with van der Waals surface area (Å²) in [6.45, 7) is 4.21. The van der Waals surface area contributed by atoms with Gasteiger partial charge in [-0.25, -0.2) is 4.79 Å². The first-order valence-electron chi connectivity index (χ1n) is 10.3. The van der Waals surface area contributed by atoms with E-state index in [-0.39, 0.29) is 18.1 Å². The summed E-state index contributed by atoms with van der Waals surface area (Å²) in [6, 6.07) is 17.4. The van der Waals surface area contributed by atoms with E-state index in [9.17, 15) is 14.7 Å². The van der Waals surface area contributed by atoms with Gasteiger partial charge in [-0.15, -0.1) is 0 Å². The highest BCUT2D eigenvalue weighted by Crippen LogP contribution is 2.38. The number of carbonyl (C=O) groups is 2. The van der Waals surface area contributed by atoms with E-state index in [0.717, 1.165) is 24.0 Å². The van der Waals surface area contributed by atoms with Crippen LogP contribution >= 0.6 is 0 Å². The smallest absolute Gasteiger partial charge is 0.351 e. The van der Waals surface area contributed by atoms with Gasteiger partial charge in [-0.2, -0.15) is 0 Å². The third-order valence-corrected chi connectivity index (χ3v) is 5.84. The Kier molecular flexibility index (Phi) is 6.58. The van der Waals surface area contributed by atoms with Crippen LogP contribution < -0.4 is 0 Å². The van der Waals surface area contributed by atoms with E-state index in [1.807, 2.05) is 66.4 Å². The van der Waals surface area contributed by atoms with E-state index in [4.69, 9.17) is 4.74 Å². The van der Waals surface area contributed by atoms with Gasteiger partial charge in [0.15, 0.2) is 0 Å². The van der Waals surface area contributed by atoms with Crippen LogP contribution in [-0.2, 0) is 16.0 Å². The minimum atomic E-state index is -1.36. The second kappa shape index (κ2) is 8.98. The van der Waals surface area contributed by atoms with E-state index in [0.29, 0.717) is 12.1 Å². The molecule has 0 bridgehead atoms. The summed E-state index contributed by atoms with van der Waals surface area (Å²) >= 11 is 0. The number of aryl methyl sites for hydroxylation is 1. The van der Waals surface area contributed by atoms with Gasteiger partial charge in [0.1, 0.15) is 0 Å². The summed E-state index contributed by atoms with van der Waals surface area (Å²) in [5, 5.41) is 9.87. The Morgan fingerprint density at radius 1 is 1.17 bits per heavy atom. The summed E-state index contributed by atoms with van der Waals surface area (Å²) in [4.78, 5) is 27.6. The molecule has 0 aromatic heterocycles. The van der Waals surface area contributed by atoms with Crippen LogP contribution in [0, 0.1) is 0 Å². The molecule has 0 spiro atoms. The average molecular weight is 411 g/mol. The standard InChI is InChI=1S/C24H30N2O4/c1-17(10-11-18-12-14-20(15-13-18)22(27)25(3)4)26-16-21(19-8-6-5-7-9-19)30-24(26,2)23(28)29/h5-9,12-15,17,21H,10-11,16H2,1-4H3,(H,28,29)/t17-,21?,24?/m0/s1. The maximum Gasteiger partial charge on any atom is 0.351 e. The third-order valence-electron chi connectivity index (χ3n) is 5.84. The summed E-state index contributed by atoms with van der Waals surface area (Å²) in [7, 11) is 3.47. The Morgan fingerprint density at radius 2 is 1.80 bits per heavy atom. The lowest BCUT2D eigenvalue weighted by Gasteiger charge is -2.34. The second-order valence-corrected chi connectivity index (χ2v) is 8.24. The van der Waals surface area contributed by atoms with Crippen LogP contribution in [0.1, 0.15) is 47.9 Å². The molecule has 0 saturated carbocycles. The highest BCUT2D eigenvalue weighted by atomic mass is 16.6. The number of carboxylic acid groups (broad SMARTS) is 1. The Labute approximate surface area is 178 Å². The van der Waals surface area contributed by atoms with Gasteiger partial charge in [0, 0.05) is 32.2 Å². The number of ether oxygens (including phenoxy) is 1. The van der Waals surface area contributed by atoms with Crippen LogP contribution in [0.25, 0.3) is 0 Å². The highest BCUT2D eigenvalue weighted by molar-refractivity contribution is 5.93. The molecule has 2 aromatic rings. The summed E-state index contributed by atoms with van der Waals surface area (Å²) in [6.07, 6.45) is 1.31. The average Bonchev–Trinajstić information content (AvgIpc) is 3.11. The van der Waals surface area contributed by atoms with Crippen molar-refractivity contribution >= 4 is 11.9 Å². The summed E-state index contributed by atoms with van der Waals surface area (Å²) in [5.41, 5.74) is 1.41. The molecule has 1 amide bonds. The molecule has 0 radical (unpaired) electrons. The minimum absolute atomic E-state index is 0.0166. The van der Waals surface area contributed by atoms with Gasteiger partial charge in [-0.1, -0.05) is 42.5 Å². The fourth-order valence-corrected chi connectivity index (χ4v) is 3.95. The first-order chi connectivity index (χ1) is 14.2. The lowest BCUT2D eigenvalue weighted by atomic mass is 10.0. The minimum Gasteiger partial charge on any atom is -0.478 e. The van der Waals surface area contributed by atoms with Gasteiger partial charge < -0.3 is 14.7 Å². The monoisotopic (exact) mass is 410 g/mol. The number of rotatable bonds is 7. The molecular formula is C24H30N2O4. The predicted molar refractivity (Wildman–Crippen MR) is 115 cm³/mol. The zero-order valence-corrected chi connectivity index (χ0v) is 18.0. The topological polar surface area (TPSA) is 70.1 Å². The molecule has 1 fully saturated rings. The predicted octanol–water partition coefficient (Wildman–Crippen LogP) is 3.58. The number of aliphatic carboxylic acids is 1. The molecule has 1 saturated heterocycles. The van der Waals surface area contributed by atoms with Crippen molar-refractivity contribution in [1.82, 2.24) is 9.80 Å². The van der Waals surface area contributed by atoms with E-state index >= 15 is 0 Å². The second-order valence-electron chi connectivity index (χ2n) is 8.24. The lowest BCUT2D eigenvalue weighted by molar-refractivity contribution is -0.180. The van der Waals surface area contributed by atoms with Crippen molar-refractivity contribution in [2.75, 3.05) is 20.6 Å². The fraction of sp³-hybridized carbons (Fsp3) is 0.417. The fourth-order valence-electron chi connectivity index (χ4n) is 3.95. The Bertz CT molecular complexity index is 882. The maximum absolute atomic E-state index is 12.0. The van der Waals surface area contributed by atoms with E-state index in [2.05, 4.69) is 0 Å². The van der Waals surface area contributed by atoms with Gasteiger partial charge >= 0.3 is 5.97 Å². The third kappa shape index (κ3) is 4.55. The zero-order chi connectivity index (χ0) is 21.9. The number of carboxylic acids is 1. The van der Waals surface area contributed by atoms with Crippen molar-refractivity contribution in [3.05, 3.63) is 71.3 Å². The van der Waals surface area contributed by atoms with Gasteiger partial charge in [0.25, 0.3) is 5.91 Å². The Hall–Kier alpha value is -2.70. The van der Waals surface area contributed by atoms with Crippen molar-refractivity contribution in [2.24, 2.45) is 0 Å². The van der Waals surface area contributed by atoms with E-state index in [1.165, 1.54) is 0 Å². The molecule has 6 heteroatoms. The molecule has 3 rings (SSSR count). The van der Waals surface area contributed by atoms with Crippen LogP contribution in [0.5, 0.6) is 0 Å². The molecule has 1 aliphatic heterocycles. The van der Waals surface area contributed by atoms with Gasteiger partial charge in [0.05, 0.1) is 6.10 Å². The molecule has 1 heterocycles. The molecule has 0 aliphatic carbocycles. The number of hydrogen-bond acceptors (Lipinski definition) is 4. The van der Waals surface area contributed by atoms with Crippen molar-refractivity contribution < 1.29 is 19.4 Å². The molecule has 30 heavy (non-hydrogen) atoms. The van der Waals surface area contributed by atoms with Gasteiger partial charge in [-0.05, 0) is 49.9 Å². The molecule has 6 nitrogen and oxygen atoms in total. The normalized spacial score (nSPS) is 22.6. The van der Waals surface area contributed by atoms with Gasteiger partial charge in [0.2, 0.25) is 5.72 Å². The molecule has 160 valence electrons. The Balaban J connectivity index is 1.68. The van der Waals surface area contributed by atoms with Crippen molar-refractivity contribution in [3.63, 3.8) is 0 Å². The molecule has 1 N–H and O–H groups in total. The molecule has 2 aromatic carbocycles. The van der Waals surface area contributed by atoms with Crippen LogP contribution in [0.2, 0.25) is 0 Å². The van der Waals surface area contributed by atoms with Crippen LogP contribution in [0.15, 0.2) is 54.6 Å². The molecule has 1 aliphatic rings. The SMILES string of the molecule is C[C@@H](CCc1ccc(C(=O)N(C)C)cc1)N1CC(c2ccccc2)OC1(C)C(=O)O. The summed E-state index contributed by atoms with van der Waals surface area (Å²) < 4.78 is 6.03. The Morgan fingerprint density at radius 3 is 2.37 bits per heavy atom. The van der Waals surface area contributed by atoms with Crippen LogP contribution in [-0.4, -0.2) is 59.2 Å². The zero-order valence-electron chi connectivity index (χ0n) is 18.0. The summed E-state index contributed by atoms with van der Waals surface area (Å²) in [5.74, 6) is -0.993. The number of amides is 1. The number of benzene rings is 2. The first kappa shape index (κ1) is 22.0. The van der Waals surface area contributed by atoms with Crippen LogP contribution in [0.4, 0.5) is 0 Å². The number of carbonyl (C=O) groups excluding carboxylic acids is 1. The van der Waals surface area contributed by atoms with Gasteiger partial charge in [-0.3, -0.25) is 9.69 Å². The van der Waals surface area contributed by atoms with E-state index < -0.39 is 11.7 Å². The maximum atomic E-state index is 12.0. The number of hydrogen-bond donors (Lipinski definition) is 1. The number of nitrogens with zero attached hydrogens (tertiary/aromatic N) is 2. The van der Waals surface area contributed by atoms with Crippen molar-refractivity contribution in [2.45, 2.75) is 44.6 Å². The lowest BCUT2D eigenvalue weighted by Crippen LogP contribution is -2.52. The molecular weight excluding hydrogens is 380 g/mol. The van der Waals surface area contributed by atoms with Crippen molar-refractivity contribution in [1.29, 1.82) is 0 Å². The quantitative estimate of drug-likeness (QED) is 0.756. The highest BCUT2D eigenvalue weighted by Gasteiger charge is 2.51. The van der Waals surface area contributed by atoms with Crippen LogP contribution in [0.3, 0.4) is 0 Å². The molecule has 2 unspecified atom stereocenters. The van der Waals surface area contributed by atoms with E-state index in [1.54, 1.807) is 25.9 Å².